The fourth-order valence-electron chi connectivity index (χ4n) is 3.46. The number of anilines is 2. The molecule has 128 valence electrons. The van der Waals surface area contributed by atoms with Crippen LogP contribution < -0.4 is 10.2 Å². The third-order valence-electron chi connectivity index (χ3n) is 4.59. The number of carbonyl (C=O) groups is 1. The van der Waals surface area contributed by atoms with Gasteiger partial charge in [-0.2, -0.15) is 0 Å². The maximum Gasteiger partial charge on any atom is 0.326 e. The van der Waals surface area contributed by atoms with Crippen molar-refractivity contribution >= 4 is 28.3 Å². The molecule has 3 aromatic rings. The van der Waals surface area contributed by atoms with Crippen molar-refractivity contribution in [2.75, 3.05) is 16.8 Å². The molecule has 1 aromatic carbocycles. The van der Waals surface area contributed by atoms with E-state index in [9.17, 15) is 4.79 Å². The Morgan fingerprint density at radius 2 is 2.20 bits per heavy atom. The van der Waals surface area contributed by atoms with Crippen LogP contribution in [0.5, 0.6) is 0 Å². The number of hydrogen-bond acceptors (Lipinski definition) is 2. The number of nitrogens with zero attached hydrogens (tertiary/aromatic N) is 3. The fourth-order valence-corrected chi connectivity index (χ4v) is 3.46. The second-order valence-corrected chi connectivity index (χ2v) is 6.98. The zero-order chi connectivity index (χ0) is 17.4. The lowest BCUT2D eigenvalue weighted by Crippen LogP contribution is -2.33. The first-order valence-electron chi connectivity index (χ1n) is 8.72. The number of pyridine rings is 1. The van der Waals surface area contributed by atoms with Crippen LogP contribution in [0.1, 0.15) is 19.4 Å². The molecular formula is C20H22N4O. The van der Waals surface area contributed by atoms with Crippen molar-refractivity contribution in [1.29, 1.82) is 0 Å². The van der Waals surface area contributed by atoms with Crippen LogP contribution in [0, 0.1) is 5.92 Å². The second-order valence-electron chi connectivity index (χ2n) is 6.98. The second kappa shape index (κ2) is 6.24. The molecule has 1 N–H and O–H groups in total. The number of amides is 2. The van der Waals surface area contributed by atoms with Gasteiger partial charge in [-0.15, -0.1) is 0 Å². The molecule has 1 aliphatic rings. The number of benzene rings is 1. The van der Waals surface area contributed by atoms with E-state index in [1.165, 1.54) is 16.5 Å². The largest absolute Gasteiger partial charge is 0.347 e. The average Bonchev–Trinajstić information content (AvgIpc) is 3.17. The normalized spacial score (nSPS) is 13.5. The van der Waals surface area contributed by atoms with E-state index in [4.69, 9.17) is 0 Å². The Morgan fingerprint density at radius 3 is 2.96 bits per heavy atom. The van der Waals surface area contributed by atoms with Gasteiger partial charge in [-0.25, -0.2) is 4.79 Å². The summed E-state index contributed by atoms with van der Waals surface area (Å²) in [5.74, 6) is 0.602. The zero-order valence-corrected chi connectivity index (χ0v) is 14.6. The van der Waals surface area contributed by atoms with E-state index in [2.05, 4.69) is 53.1 Å². The molecule has 0 radical (unpaired) electrons. The Balaban J connectivity index is 1.63. The van der Waals surface area contributed by atoms with Gasteiger partial charge in [0, 0.05) is 42.1 Å². The van der Waals surface area contributed by atoms with Crippen molar-refractivity contribution in [2.24, 2.45) is 5.92 Å². The molecule has 0 aliphatic carbocycles. The van der Waals surface area contributed by atoms with Crippen LogP contribution in [-0.4, -0.2) is 22.1 Å². The van der Waals surface area contributed by atoms with Gasteiger partial charge in [0.25, 0.3) is 0 Å². The van der Waals surface area contributed by atoms with E-state index in [1.807, 2.05) is 17.0 Å². The molecule has 0 spiro atoms. The highest BCUT2D eigenvalue weighted by atomic mass is 16.2. The predicted molar refractivity (Wildman–Crippen MR) is 101 cm³/mol. The molecule has 3 heterocycles. The number of fused-ring (bicyclic) bond motifs is 2. The van der Waals surface area contributed by atoms with Gasteiger partial charge in [-0.1, -0.05) is 13.8 Å². The van der Waals surface area contributed by atoms with Gasteiger partial charge in [-0.05, 0) is 48.2 Å². The molecule has 0 saturated heterocycles. The number of rotatable bonds is 3. The highest BCUT2D eigenvalue weighted by molar-refractivity contribution is 6.04. The Kier molecular flexibility index (Phi) is 3.92. The van der Waals surface area contributed by atoms with Crippen molar-refractivity contribution in [3.05, 3.63) is 54.5 Å². The maximum atomic E-state index is 12.6. The standard InChI is InChI=1S/C20H22N4O/c1-14(2)13-23-8-5-15-11-19-16(10-18(15)23)6-9-24(19)20(25)22-17-4-3-7-21-12-17/h3-5,7-8,10-12,14H,6,9,13H2,1-2H3,(H,22,25). The summed E-state index contributed by atoms with van der Waals surface area (Å²) in [4.78, 5) is 18.5. The maximum absolute atomic E-state index is 12.6. The van der Waals surface area contributed by atoms with Gasteiger partial charge in [0.2, 0.25) is 0 Å². The third kappa shape index (κ3) is 2.97. The molecule has 2 amide bonds. The first kappa shape index (κ1) is 15.7. The third-order valence-corrected chi connectivity index (χ3v) is 4.59. The van der Waals surface area contributed by atoms with E-state index >= 15 is 0 Å². The lowest BCUT2D eigenvalue weighted by molar-refractivity contribution is 0.257. The molecule has 0 atom stereocenters. The van der Waals surface area contributed by atoms with Crippen molar-refractivity contribution in [3.8, 4) is 0 Å². The topological polar surface area (TPSA) is 50.2 Å². The van der Waals surface area contributed by atoms with E-state index < -0.39 is 0 Å². The molecule has 0 fully saturated rings. The fraction of sp³-hybridized carbons (Fsp3) is 0.300. The molecular weight excluding hydrogens is 312 g/mol. The molecule has 0 bridgehead atoms. The predicted octanol–water partition coefficient (Wildman–Crippen LogP) is 4.29. The van der Waals surface area contributed by atoms with Crippen LogP contribution in [0.2, 0.25) is 0 Å². The molecule has 2 aromatic heterocycles. The van der Waals surface area contributed by atoms with Gasteiger partial charge in [0.15, 0.2) is 0 Å². The van der Waals surface area contributed by atoms with Crippen LogP contribution in [0.3, 0.4) is 0 Å². The molecule has 1 aliphatic heterocycles. The number of aromatic nitrogens is 2. The summed E-state index contributed by atoms with van der Waals surface area (Å²) in [6.07, 6.45) is 6.38. The Hall–Kier alpha value is -2.82. The van der Waals surface area contributed by atoms with E-state index in [0.717, 1.165) is 18.7 Å². The van der Waals surface area contributed by atoms with E-state index in [1.54, 1.807) is 12.4 Å². The number of urea groups is 1. The molecule has 0 saturated carbocycles. The summed E-state index contributed by atoms with van der Waals surface area (Å²) in [5.41, 5.74) is 4.21. The first-order valence-corrected chi connectivity index (χ1v) is 8.72. The zero-order valence-electron chi connectivity index (χ0n) is 14.6. The highest BCUT2D eigenvalue weighted by Crippen LogP contribution is 2.33. The SMILES string of the molecule is CC(C)Cn1ccc2cc3c(cc21)CCN3C(=O)Nc1cccnc1. The highest BCUT2D eigenvalue weighted by Gasteiger charge is 2.25. The smallest absolute Gasteiger partial charge is 0.326 e. The Morgan fingerprint density at radius 1 is 1.32 bits per heavy atom. The summed E-state index contributed by atoms with van der Waals surface area (Å²) in [6.45, 7) is 6.17. The Labute approximate surface area is 147 Å². The summed E-state index contributed by atoms with van der Waals surface area (Å²) >= 11 is 0. The van der Waals surface area contributed by atoms with Gasteiger partial charge < -0.3 is 9.88 Å². The number of hydrogen-bond donors (Lipinski definition) is 1. The van der Waals surface area contributed by atoms with Crippen molar-refractivity contribution in [2.45, 2.75) is 26.8 Å². The number of carbonyl (C=O) groups excluding carboxylic acids is 1. The van der Waals surface area contributed by atoms with Gasteiger partial charge in [-0.3, -0.25) is 9.88 Å². The molecule has 0 unspecified atom stereocenters. The molecule has 5 heteroatoms. The van der Waals surface area contributed by atoms with Crippen molar-refractivity contribution in [1.82, 2.24) is 9.55 Å². The van der Waals surface area contributed by atoms with Gasteiger partial charge in [0.05, 0.1) is 11.9 Å². The van der Waals surface area contributed by atoms with E-state index in [-0.39, 0.29) is 6.03 Å². The van der Waals surface area contributed by atoms with Crippen LogP contribution in [0.15, 0.2) is 48.9 Å². The summed E-state index contributed by atoms with van der Waals surface area (Å²) < 4.78 is 2.30. The van der Waals surface area contributed by atoms with Crippen LogP contribution in [-0.2, 0) is 13.0 Å². The van der Waals surface area contributed by atoms with Crippen LogP contribution in [0.4, 0.5) is 16.2 Å². The van der Waals surface area contributed by atoms with E-state index in [0.29, 0.717) is 18.2 Å². The van der Waals surface area contributed by atoms with Gasteiger partial charge in [0.1, 0.15) is 0 Å². The lowest BCUT2D eigenvalue weighted by atomic mass is 10.1. The number of nitrogens with one attached hydrogen (secondary N) is 1. The lowest BCUT2D eigenvalue weighted by Gasteiger charge is -2.18. The molecule has 4 rings (SSSR count). The summed E-state index contributed by atoms with van der Waals surface area (Å²) in [6, 6.07) is 10.1. The van der Waals surface area contributed by atoms with Gasteiger partial charge >= 0.3 is 6.03 Å². The van der Waals surface area contributed by atoms with Crippen molar-refractivity contribution in [3.63, 3.8) is 0 Å². The minimum atomic E-state index is -0.104. The minimum Gasteiger partial charge on any atom is -0.347 e. The minimum absolute atomic E-state index is 0.104. The average molecular weight is 334 g/mol. The molecule has 25 heavy (non-hydrogen) atoms. The monoisotopic (exact) mass is 334 g/mol. The quantitative estimate of drug-likeness (QED) is 0.777. The van der Waals surface area contributed by atoms with Crippen molar-refractivity contribution < 1.29 is 4.79 Å². The van der Waals surface area contributed by atoms with Crippen LogP contribution >= 0.6 is 0 Å². The van der Waals surface area contributed by atoms with Crippen LogP contribution in [0.25, 0.3) is 10.9 Å². The molecule has 5 nitrogen and oxygen atoms in total. The summed E-state index contributed by atoms with van der Waals surface area (Å²) in [5, 5.41) is 4.10. The Bertz CT molecular complexity index is 914. The first-order chi connectivity index (χ1) is 12.1. The summed E-state index contributed by atoms with van der Waals surface area (Å²) in [7, 11) is 0.